The highest BCUT2D eigenvalue weighted by atomic mass is 32.2. The van der Waals surface area contributed by atoms with E-state index in [1.54, 1.807) is 38.4 Å². The number of aryl methyl sites for hydroxylation is 2. The van der Waals surface area contributed by atoms with Gasteiger partial charge in [-0.15, -0.1) is 0 Å². The highest BCUT2D eigenvalue weighted by Gasteiger charge is 2.22. The number of carbonyl (C=O) groups is 1. The van der Waals surface area contributed by atoms with Crippen molar-refractivity contribution >= 4 is 32.5 Å². The van der Waals surface area contributed by atoms with Gasteiger partial charge in [0, 0.05) is 25.8 Å². The molecule has 1 aromatic heterocycles. The second-order valence-electron chi connectivity index (χ2n) is 6.43. The molecule has 0 fully saturated rings. The zero-order valence-corrected chi connectivity index (χ0v) is 15.9. The fourth-order valence-electron chi connectivity index (χ4n) is 3.11. The second-order valence-corrected chi connectivity index (χ2v) is 8.42. The average molecular weight is 403 g/mol. The highest BCUT2D eigenvalue weighted by molar-refractivity contribution is 7.92. The monoisotopic (exact) mass is 403 g/mol. The number of nitrogens with one attached hydrogen (secondary N) is 1. The van der Waals surface area contributed by atoms with Crippen molar-refractivity contribution in [2.45, 2.75) is 4.90 Å². The average Bonchev–Trinajstić information content (AvgIpc) is 3.20. The molecule has 0 spiro atoms. The molecule has 1 aliphatic rings. The zero-order valence-electron chi connectivity index (χ0n) is 15.1. The van der Waals surface area contributed by atoms with Crippen LogP contribution in [0.15, 0.2) is 46.1 Å². The van der Waals surface area contributed by atoms with E-state index < -0.39 is 21.5 Å². The van der Waals surface area contributed by atoms with Crippen molar-refractivity contribution in [2.24, 2.45) is 14.1 Å². The Morgan fingerprint density at radius 1 is 1.04 bits per heavy atom. The lowest BCUT2D eigenvalue weighted by Crippen LogP contribution is -2.23. The molecule has 4 rings (SSSR count). The molecule has 9 nitrogen and oxygen atoms in total. The van der Waals surface area contributed by atoms with Crippen LogP contribution in [0.5, 0.6) is 11.5 Å². The Kier molecular flexibility index (Phi) is 4.15. The molecule has 2 aromatic carbocycles. The fraction of sp³-hybridized carbons (Fsp3) is 0.222. The molecule has 0 saturated carbocycles. The Labute approximate surface area is 160 Å². The van der Waals surface area contributed by atoms with Gasteiger partial charge in [0.15, 0.2) is 21.3 Å². The Hall–Kier alpha value is -3.27. The van der Waals surface area contributed by atoms with Gasteiger partial charge in [0.1, 0.15) is 5.75 Å². The van der Waals surface area contributed by atoms with Crippen LogP contribution in [-0.2, 0) is 28.7 Å². The van der Waals surface area contributed by atoms with Crippen molar-refractivity contribution in [3.63, 3.8) is 0 Å². The van der Waals surface area contributed by atoms with Crippen molar-refractivity contribution in [2.75, 3.05) is 17.9 Å². The summed E-state index contributed by atoms with van der Waals surface area (Å²) in [5.74, 6) is -0.363. The third kappa shape index (κ3) is 3.01. The Balaban J connectivity index is 1.57. The first-order valence-electron chi connectivity index (χ1n) is 8.34. The number of nitrogens with zero attached hydrogens (tertiary/aromatic N) is 2. The number of aromatic nitrogens is 2. The van der Waals surface area contributed by atoms with Crippen LogP contribution in [0.4, 0.5) is 5.69 Å². The number of imidazole rings is 1. The van der Waals surface area contributed by atoms with Gasteiger partial charge in [-0.25, -0.2) is 13.2 Å². The second kappa shape index (κ2) is 6.41. The minimum atomic E-state index is -3.90. The van der Waals surface area contributed by atoms with E-state index in [1.165, 1.54) is 21.3 Å². The van der Waals surface area contributed by atoms with Gasteiger partial charge in [-0.05, 0) is 30.3 Å². The summed E-state index contributed by atoms with van der Waals surface area (Å²) in [4.78, 5) is 24.2. The first kappa shape index (κ1) is 18.1. The third-order valence-corrected chi connectivity index (χ3v) is 6.19. The lowest BCUT2D eigenvalue weighted by atomic mass is 10.3. The van der Waals surface area contributed by atoms with E-state index in [2.05, 4.69) is 5.32 Å². The standard InChI is InChI=1S/C18H17N3O6S/c1-20-13-5-4-12(8-14(13)21(2)18(20)23)28(24,25)9-17(22)19-11-3-6-15-16(7-11)27-10-26-15/h3-8H,9-10H2,1-2H3,(H,19,22). The smallest absolute Gasteiger partial charge is 0.328 e. The van der Waals surface area contributed by atoms with Gasteiger partial charge in [0.2, 0.25) is 12.7 Å². The quantitative estimate of drug-likeness (QED) is 0.697. The molecule has 2 heterocycles. The van der Waals surface area contributed by atoms with Crippen molar-refractivity contribution < 1.29 is 22.7 Å². The van der Waals surface area contributed by atoms with Crippen LogP contribution in [-0.4, -0.2) is 36.0 Å². The molecule has 10 heteroatoms. The van der Waals surface area contributed by atoms with E-state index in [0.29, 0.717) is 28.2 Å². The highest BCUT2D eigenvalue weighted by Crippen LogP contribution is 2.34. The number of hydrogen-bond donors (Lipinski definition) is 1. The number of rotatable bonds is 4. The van der Waals surface area contributed by atoms with Crippen LogP contribution in [0.25, 0.3) is 11.0 Å². The van der Waals surface area contributed by atoms with Gasteiger partial charge in [-0.1, -0.05) is 0 Å². The summed E-state index contributed by atoms with van der Waals surface area (Å²) in [7, 11) is -0.724. The molecule has 0 aliphatic carbocycles. The van der Waals surface area contributed by atoms with Crippen LogP contribution in [0.3, 0.4) is 0 Å². The number of sulfone groups is 1. The number of amides is 1. The molecule has 0 radical (unpaired) electrons. The molecule has 146 valence electrons. The van der Waals surface area contributed by atoms with Crippen LogP contribution in [0.2, 0.25) is 0 Å². The number of carbonyl (C=O) groups excluding carboxylic acids is 1. The molecule has 0 atom stereocenters. The first-order chi connectivity index (χ1) is 13.3. The molecule has 1 N–H and O–H groups in total. The van der Waals surface area contributed by atoms with Gasteiger partial charge in [-0.2, -0.15) is 0 Å². The fourth-order valence-corrected chi connectivity index (χ4v) is 4.26. The molecule has 0 bridgehead atoms. The molecule has 0 saturated heterocycles. The summed E-state index contributed by atoms with van der Waals surface area (Å²) in [5.41, 5.74) is 1.23. The van der Waals surface area contributed by atoms with Gasteiger partial charge >= 0.3 is 5.69 Å². The molecular formula is C18H17N3O6S. The molecule has 1 aliphatic heterocycles. The summed E-state index contributed by atoms with van der Waals surface area (Å²) in [6.07, 6.45) is 0. The molecule has 1 amide bonds. The number of benzene rings is 2. The Morgan fingerprint density at radius 2 is 1.75 bits per heavy atom. The molecule has 3 aromatic rings. The summed E-state index contributed by atoms with van der Waals surface area (Å²) < 4.78 is 38.6. The van der Waals surface area contributed by atoms with Crippen LogP contribution < -0.4 is 20.5 Å². The molecular weight excluding hydrogens is 386 g/mol. The van der Waals surface area contributed by atoms with Crippen LogP contribution in [0.1, 0.15) is 0 Å². The van der Waals surface area contributed by atoms with E-state index in [-0.39, 0.29) is 17.4 Å². The van der Waals surface area contributed by atoms with Gasteiger partial charge < -0.3 is 14.8 Å². The summed E-state index contributed by atoms with van der Waals surface area (Å²) in [5, 5.41) is 2.55. The number of hydrogen-bond acceptors (Lipinski definition) is 6. The van der Waals surface area contributed by atoms with E-state index in [0.717, 1.165) is 0 Å². The van der Waals surface area contributed by atoms with E-state index >= 15 is 0 Å². The largest absolute Gasteiger partial charge is 0.454 e. The molecule has 28 heavy (non-hydrogen) atoms. The predicted octanol–water partition coefficient (Wildman–Crippen LogP) is 1.02. The van der Waals surface area contributed by atoms with E-state index in [4.69, 9.17) is 9.47 Å². The van der Waals surface area contributed by atoms with Crippen molar-refractivity contribution in [3.8, 4) is 11.5 Å². The topological polar surface area (TPSA) is 109 Å². The van der Waals surface area contributed by atoms with Gasteiger partial charge in [0.05, 0.1) is 15.9 Å². The summed E-state index contributed by atoms with van der Waals surface area (Å²) in [6, 6.07) is 9.16. The summed E-state index contributed by atoms with van der Waals surface area (Å²) in [6.45, 7) is 0.103. The van der Waals surface area contributed by atoms with E-state index in [1.807, 2.05) is 0 Å². The number of anilines is 1. The minimum absolute atomic E-state index is 0.0259. The van der Waals surface area contributed by atoms with Crippen molar-refractivity contribution in [1.29, 1.82) is 0 Å². The Bertz CT molecular complexity index is 1270. The number of ether oxygens (including phenoxy) is 2. The van der Waals surface area contributed by atoms with Crippen LogP contribution in [0, 0.1) is 0 Å². The third-order valence-electron chi connectivity index (χ3n) is 4.58. The van der Waals surface area contributed by atoms with Crippen LogP contribution >= 0.6 is 0 Å². The Morgan fingerprint density at radius 3 is 2.54 bits per heavy atom. The van der Waals surface area contributed by atoms with E-state index in [9.17, 15) is 18.0 Å². The summed E-state index contributed by atoms with van der Waals surface area (Å²) >= 11 is 0. The maximum Gasteiger partial charge on any atom is 0.328 e. The lowest BCUT2D eigenvalue weighted by molar-refractivity contribution is -0.113. The first-order valence-corrected chi connectivity index (χ1v) is 9.99. The normalized spacial score (nSPS) is 13.1. The predicted molar refractivity (Wildman–Crippen MR) is 101 cm³/mol. The van der Waals surface area contributed by atoms with Gasteiger partial charge in [0.25, 0.3) is 0 Å². The minimum Gasteiger partial charge on any atom is -0.454 e. The number of fused-ring (bicyclic) bond motifs is 2. The van der Waals surface area contributed by atoms with Crippen molar-refractivity contribution in [1.82, 2.24) is 9.13 Å². The van der Waals surface area contributed by atoms with Crippen molar-refractivity contribution in [3.05, 3.63) is 46.9 Å². The zero-order chi connectivity index (χ0) is 20.1. The SMILES string of the molecule is Cn1c(=O)n(C)c2cc(S(=O)(=O)CC(=O)Nc3ccc4c(c3)OCO4)ccc21. The van der Waals surface area contributed by atoms with Gasteiger partial charge in [-0.3, -0.25) is 13.9 Å². The lowest BCUT2D eigenvalue weighted by Gasteiger charge is -2.08. The maximum absolute atomic E-state index is 12.7. The maximum atomic E-state index is 12.7. The molecule has 0 unspecified atom stereocenters.